The number of hydrogen-bond donors (Lipinski definition) is 0. The fraction of sp³-hybridized carbons (Fsp3) is 0.211. The lowest BCUT2D eigenvalue weighted by Gasteiger charge is -2.35. The summed E-state index contributed by atoms with van der Waals surface area (Å²) >= 11 is 1.28. The number of nitro groups is 1. The first kappa shape index (κ1) is 17.4. The van der Waals surface area contributed by atoms with Crippen LogP contribution < -0.4 is 4.90 Å². The maximum Gasteiger partial charge on any atom is 0.292 e. The Kier molecular flexibility index (Phi) is 4.49. The number of benzene rings is 2. The molecule has 1 fully saturated rings. The molecule has 6 nitrogen and oxygen atoms in total. The molecule has 3 aromatic rings. The standard InChI is InChI=1S/C19H16FN3O3S/c20-14-4-3-7-17-13(14)12-18(27-17)19(24)22-10-8-21(9-11-22)15-5-1-2-6-16(15)23(25)26/h1-7,12H,8-11H2. The Bertz CT molecular complexity index is 1030. The van der Waals surface area contributed by atoms with Crippen molar-refractivity contribution in [3.63, 3.8) is 0 Å². The molecule has 4 rings (SSSR count). The number of amides is 1. The molecule has 1 aliphatic rings. The molecule has 27 heavy (non-hydrogen) atoms. The van der Waals surface area contributed by atoms with Crippen LogP contribution in [0.4, 0.5) is 15.8 Å². The highest BCUT2D eigenvalue weighted by molar-refractivity contribution is 7.20. The van der Waals surface area contributed by atoms with Crippen molar-refractivity contribution in [3.05, 3.63) is 69.3 Å². The summed E-state index contributed by atoms with van der Waals surface area (Å²) in [5, 5.41) is 11.7. The number of thiophene rings is 1. The Morgan fingerprint density at radius 3 is 2.52 bits per heavy atom. The molecule has 0 atom stereocenters. The van der Waals surface area contributed by atoms with Crippen molar-refractivity contribution >= 4 is 38.7 Å². The minimum Gasteiger partial charge on any atom is -0.362 e. The van der Waals surface area contributed by atoms with Gasteiger partial charge < -0.3 is 9.80 Å². The third-order valence-corrected chi connectivity index (χ3v) is 5.79. The number of piperazine rings is 1. The molecule has 1 aliphatic heterocycles. The van der Waals surface area contributed by atoms with Crippen molar-refractivity contribution in [3.8, 4) is 0 Å². The van der Waals surface area contributed by atoms with E-state index in [2.05, 4.69) is 0 Å². The second-order valence-electron chi connectivity index (χ2n) is 6.29. The molecule has 8 heteroatoms. The van der Waals surface area contributed by atoms with Crippen LogP contribution in [0.15, 0.2) is 48.5 Å². The normalized spacial score (nSPS) is 14.6. The Balaban J connectivity index is 1.50. The maximum absolute atomic E-state index is 13.9. The largest absolute Gasteiger partial charge is 0.362 e. The third kappa shape index (κ3) is 3.23. The van der Waals surface area contributed by atoms with Gasteiger partial charge in [0.05, 0.1) is 9.80 Å². The van der Waals surface area contributed by atoms with Gasteiger partial charge in [0.1, 0.15) is 11.5 Å². The number of para-hydroxylation sites is 2. The molecule has 0 bridgehead atoms. The quantitative estimate of drug-likeness (QED) is 0.506. The smallest absolute Gasteiger partial charge is 0.292 e. The minimum absolute atomic E-state index is 0.0669. The molecular formula is C19H16FN3O3S. The van der Waals surface area contributed by atoms with E-state index < -0.39 is 4.92 Å². The number of hydrogen-bond acceptors (Lipinski definition) is 5. The SMILES string of the molecule is O=C(c1cc2c(F)cccc2s1)N1CCN(c2ccccc2[N+](=O)[O-])CC1. The van der Waals surface area contributed by atoms with Gasteiger partial charge in [0.25, 0.3) is 11.6 Å². The molecular weight excluding hydrogens is 369 g/mol. The van der Waals surface area contributed by atoms with Crippen molar-refractivity contribution in [1.29, 1.82) is 0 Å². The molecule has 1 amide bonds. The van der Waals surface area contributed by atoms with Crippen molar-refractivity contribution in [1.82, 2.24) is 4.90 Å². The molecule has 0 N–H and O–H groups in total. The van der Waals surface area contributed by atoms with Gasteiger partial charge in [-0.25, -0.2) is 4.39 Å². The summed E-state index contributed by atoms with van der Waals surface area (Å²) in [6.07, 6.45) is 0. The van der Waals surface area contributed by atoms with Crippen LogP contribution in [0, 0.1) is 15.9 Å². The molecule has 1 saturated heterocycles. The summed E-state index contributed by atoms with van der Waals surface area (Å²) in [4.78, 5) is 27.8. The summed E-state index contributed by atoms with van der Waals surface area (Å²) < 4.78 is 14.6. The lowest BCUT2D eigenvalue weighted by Crippen LogP contribution is -2.48. The number of carbonyl (C=O) groups is 1. The summed E-state index contributed by atoms with van der Waals surface area (Å²) in [5.41, 5.74) is 0.635. The summed E-state index contributed by atoms with van der Waals surface area (Å²) in [6.45, 7) is 1.94. The van der Waals surface area contributed by atoms with E-state index in [1.165, 1.54) is 23.5 Å². The van der Waals surface area contributed by atoms with Crippen molar-refractivity contribution in [2.24, 2.45) is 0 Å². The predicted octanol–water partition coefficient (Wildman–Crippen LogP) is 3.91. The van der Waals surface area contributed by atoms with E-state index in [1.807, 2.05) is 4.90 Å². The monoisotopic (exact) mass is 385 g/mol. The fourth-order valence-electron chi connectivity index (χ4n) is 3.32. The summed E-state index contributed by atoms with van der Waals surface area (Å²) in [7, 11) is 0. The first-order valence-corrected chi connectivity index (χ1v) is 9.32. The summed E-state index contributed by atoms with van der Waals surface area (Å²) in [6, 6.07) is 13.0. The number of rotatable bonds is 3. The molecule has 0 spiro atoms. The second kappa shape index (κ2) is 6.96. The van der Waals surface area contributed by atoms with Crippen LogP contribution in [0.25, 0.3) is 10.1 Å². The number of nitro benzene ring substituents is 1. The van der Waals surface area contributed by atoms with E-state index in [0.717, 1.165) is 4.70 Å². The van der Waals surface area contributed by atoms with Gasteiger partial charge in [-0.05, 0) is 24.3 Å². The third-order valence-electron chi connectivity index (χ3n) is 4.71. The Morgan fingerprint density at radius 2 is 1.81 bits per heavy atom. The van der Waals surface area contributed by atoms with Crippen LogP contribution in [0.5, 0.6) is 0 Å². The van der Waals surface area contributed by atoms with E-state index in [0.29, 0.717) is 42.1 Å². The zero-order valence-corrected chi connectivity index (χ0v) is 15.1. The highest BCUT2D eigenvalue weighted by Gasteiger charge is 2.27. The molecule has 1 aromatic heterocycles. The van der Waals surface area contributed by atoms with Gasteiger partial charge in [0.2, 0.25) is 0 Å². The highest BCUT2D eigenvalue weighted by atomic mass is 32.1. The van der Waals surface area contributed by atoms with E-state index in [9.17, 15) is 19.3 Å². The number of fused-ring (bicyclic) bond motifs is 1. The topological polar surface area (TPSA) is 66.7 Å². The molecule has 0 aliphatic carbocycles. The number of nitrogens with zero attached hydrogens (tertiary/aromatic N) is 3. The van der Waals surface area contributed by atoms with Crippen LogP contribution in [0.3, 0.4) is 0 Å². The van der Waals surface area contributed by atoms with Gasteiger partial charge in [0, 0.05) is 42.3 Å². The van der Waals surface area contributed by atoms with E-state index >= 15 is 0 Å². The van der Waals surface area contributed by atoms with Crippen LogP contribution in [0.2, 0.25) is 0 Å². The van der Waals surface area contributed by atoms with Crippen LogP contribution >= 0.6 is 11.3 Å². The maximum atomic E-state index is 13.9. The molecule has 2 aromatic carbocycles. The van der Waals surface area contributed by atoms with Crippen molar-refractivity contribution in [2.75, 3.05) is 31.1 Å². The Labute approximate surface area is 158 Å². The van der Waals surface area contributed by atoms with Crippen LogP contribution in [-0.4, -0.2) is 41.9 Å². The predicted molar refractivity (Wildman–Crippen MR) is 103 cm³/mol. The molecule has 138 valence electrons. The van der Waals surface area contributed by atoms with Gasteiger partial charge in [-0.3, -0.25) is 14.9 Å². The molecule has 0 radical (unpaired) electrons. The van der Waals surface area contributed by atoms with E-state index in [4.69, 9.17) is 0 Å². The molecule has 0 saturated carbocycles. The van der Waals surface area contributed by atoms with Crippen molar-refractivity contribution in [2.45, 2.75) is 0 Å². The van der Waals surface area contributed by atoms with Gasteiger partial charge >= 0.3 is 0 Å². The lowest BCUT2D eigenvalue weighted by molar-refractivity contribution is -0.384. The fourth-order valence-corrected chi connectivity index (χ4v) is 4.37. The zero-order chi connectivity index (χ0) is 19.0. The number of halogens is 1. The first-order valence-electron chi connectivity index (χ1n) is 8.50. The van der Waals surface area contributed by atoms with Gasteiger partial charge in [-0.1, -0.05) is 18.2 Å². The first-order chi connectivity index (χ1) is 13.0. The summed E-state index contributed by atoms with van der Waals surface area (Å²) in [5.74, 6) is -0.457. The zero-order valence-electron chi connectivity index (χ0n) is 14.3. The Morgan fingerprint density at radius 1 is 1.07 bits per heavy atom. The van der Waals surface area contributed by atoms with Crippen LogP contribution in [-0.2, 0) is 0 Å². The average Bonchev–Trinajstić information content (AvgIpc) is 3.13. The van der Waals surface area contributed by atoms with Crippen LogP contribution in [0.1, 0.15) is 9.67 Å². The van der Waals surface area contributed by atoms with Gasteiger partial charge in [-0.2, -0.15) is 0 Å². The molecule has 2 heterocycles. The highest BCUT2D eigenvalue weighted by Crippen LogP contribution is 2.30. The average molecular weight is 385 g/mol. The van der Waals surface area contributed by atoms with Crippen molar-refractivity contribution < 1.29 is 14.1 Å². The number of anilines is 1. The van der Waals surface area contributed by atoms with Gasteiger partial charge in [0.15, 0.2) is 0 Å². The van der Waals surface area contributed by atoms with Gasteiger partial charge in [-0.15, -0.1) is 11.3 Å². The minimum atomic E-state index is -0.390. The second-order valence-corrected chi connectivity index (χ2v) is 7.37. The molecule has 0 unspecified atom stereocenters. The Hall–Kier alpha value is -3.00. The lowest BCUT2D eigenvalue weighted by atomic mass is 10.2. The van der Waals surface area contributed by atoms with E-state index in [1.54, 1.807) is 41.3 Å². The van der Waals surface area contributed by atoms with E-state index in [-0.39, 0.29) is 17.4 Å². The number of carbonyl (C=O) groups excluding carboxylic acids is 1.